The summed E-state index contributed by atoms with van der Waals surface area (Å²) < 4.78 is 23.2. The summed E-state index contributed by atoms with van der Waals surface area (Å²) >= 11 is 0. The summed E-state index contributed by atoms with van der Waals surface area (Å²) in [6.07, 6.45) is 2.72. The zero-order valence-corrected chi connectivity index (χ0v) is 11.3. The molecular weight excluding hydrogens is 262 g/mol. The second-order valence-corrected chi connectivity index (χ2v) is 6.20. The number of hydrogen-bond donors (Lipinski definition) is 2. The van der Waals surface area contributed by atoms with Crippen molar-refractivity contribution in [2.45, 2.75) is 11.4 Å². The number of hydrogen-bond acceptors (Lipinski definition) is 5. The average Bonchev–Trinajstić information content (AvgIpc) is 2.37. The molecule has 2 rings (SSSR count). The maximum Gasteiger partial charge on any atom is 0.179 e. The van der Waals surface area contributed by atoms with Crippen molar-refractivity contribution in [3.63, 3.8) is 0 Å². The van der Waals surface area contributed by atoms with E-state index in [4.69, 9.17) is 5.73 Å². The molecule has 6 heteroatoms. The van der Waals surface area contributed by atoms with E-state index in [9.17, 15) is 8.42 Å². The van der Waals surface area contributed by atoms with E-state index in [1.807, 2.05) is 12.1 Å². The highest BCUT2D eigenvalue weighted by molar-refractivity contribution is 7.90. The molecule has 0 radical (unpaired) electrons. The van der Waals surface area contributed by atoms with Crippen molar-refractivity contribution < 1.29 is 8.42 Å². The van der Waals surface area contributed by atoms with Crippen LogP contribution in [0.25, 0.3) is 0 Å². The van der Waals surface area contributed by atoms with Crippen LogP contribution in [0, 0.1) is 0 Å². The van der Waals surface area contributed by atoms with Gasteiger partial charge in [-0.05, 0) is 29.8 Å². The molecule has 0 spiro atoms. The van der Waals surface area contributed by atoms with E-state index in [0.29, 0.717) is 18.1 Å². The van der Waals surface area contributed by atoms with Gasteiger partial charge in [0.1, 0.15) is 10.7 Å². The number of rotatable bonds is 4. The van der Waals surface area contributed by atoms with Crippen LogP contribution in [-0.2, 0) is 16.4 Å². The first-order valence-corrected chi connectivity index (χ1v) is 7.59. The Morgan fingerprint density at radius 1 is 1.21 bits per heavy atom. The van der Waals surface area contributed by atoms with E-state index in [-0.39, 0.29) is 4.90 Å². The van der Waals surface area contributed by atoms with Crippen LogP contribution in [0.4, 0.5) is 11.5 Å². The Labute approximate surface area is 112 Å². The van der Waals surface area contributed by atoms with Crippen LogP contribution in [0.15, 0.2) is 47.5 Å². The van der Waals surface area contributed by atoms with Crippen molar-refractivity contribution in [3.05, 3.63) is 48.2 Å². The molecular formula is C13H15N3O2S. The number of nitrogens with zero attached hydrogens (tertiary/aromatic N) is 1. The number of nitrogen functional groups attached to an aromatic ring is 1. The van der Waals surface area contributed by atoms with Crippen LogP contribution < -0.4 is 11.1 Å². The number of nitrogens with two attached hydrogens (primary N) is 1. The topological polar surface area (TPSA) is 85.1 Å². The first kappa shape index (κ1) is 13.4. The zero-order valence-electron chi connectivity index (χ0n) is 10.5. The second-order valence-electron chi connectivity index (χ2n) is 4.22. The van der Waals surface area contributed by atoms with Gasteiger partial charge in [0.05, 0.1) is 0 Å². The van der Waals surface area contributed by atoms with E-state index in [0.717, 1.165) is 5.56 Å². The van der Waals surface area contributed by atoms with Gasteiger partial charge in [-0.15, -0.1) is 0 Å². The summed E-state index contributed by atoms with van der Waals surface area (Å²) in [6, 6.07) is 10.5. The highest BCUT2D eigenvalue weighted by atomic mass is 32.2. The summed E-state index contributed by atoms with van der Waals surface area (Å²) in [5, 5.41) is 3.02. The molecule has 1 aromatic carbocycles. The lowest BCUT2D eigenvalue weighted by molar-refractivity contribution is 0.601. The third-order valence-corrected chi connectivity index (χ3v) is 3.74. The minimum Gasteiger partial charge on any atom is -0.399 e. The first-order valence-electron chi connectivity index (χ1n) is 5.70. The molecule has 0 amide bonds. The monoisotopic (exact) mass is 277 g/mol. The largest absolute Gasteiger partial charge is 0.399 e. The molecule has 0 unspecified atom stereocenters. The summed E-state index contributed by atoms with van der Waals surface area (Å²) in [5.74, 6) is 0.363. The molecule has 0 aliphatic heterocycles. The Balaban J connectivity index is 2.18. The van der Waals surface area contributed by atoms with Gasteiger partial charge in [-0.1, -0.05) is 12.1 Å². The molecule has 5 nitrogen and oxygen atoms in total. The zero-order chi connectivity index (χ0) is 13.9. The van der Waals surface area contributed by atoms with Crippen molar-refractivity contribution in [2.24, 2.45) is 0 Å². The van der Waals surface area contributed by atoms with Crippen molar-refractivity contribution in [1.29, 1.82) is 0 Å². The SMILES string of the molecule is CS(=O)(=O)c1cccnc1NCc1ccc(N)cc1. The molecule has 0 bridgehead atoms. The van der Waals surface area contributed by atoms with Gasteiger partial charge in [0.15, 0.2) is 9.84 Å². The quantitative estimate of drug-likeness (QED) is 0.830. The Morgan fingerprint density at radius 2 is 1.89 bits per heavy atom. The Kier molecular flexibility index (Phi) is 3.71. The standard InChI is InChI=1S/C13H15N3O2S/c1-19(17,18)12-3-2-8-15-13(12)16-9-10-4-6-11(14)7-5-10/h2-8H,9,14H2,1H3,(H,15,16). The molecule has 19 heavy (non-hydrogen) atoms. The molecule has 3 N–H and O–H groups in total. The molecule has 0 saturated carbocycles. The van der Waals surface area contributed by atoms with E-state index >= 15 is 0 Å². The smallest absolute Gasteiger partial charge is 0.179 e. The molecule has 0 aliphatic rings. The number of sulfone groups is 1. The Morgan fingerprint density at radius 3 is 2.53 bits per heavy atom. The van der Waals surface area contributed by atoms with Crippen molar-refractivity contribution >= 4 is 21.3 Å². The van der Waals surface area contributed by atoms with Gasteiger partial charge in [0.25, 0.3) is 0 Å². The molecule has 0 aliphatic carbocycles. The van der Waals surface area contributed by atoms with Crippen LogP contribution in [-0.4, -0.2) is 19.7 Å². The summed E-state index contributed by atoms with van der Waals surface area (Å²) in [7, 11) is -3.29. The fraction of sp³-hybridized carbons (Fsp3) is 0.154. The van der Waals surface area contributed by atoms with Gasteiger partial charge in [-0.2, -0.15) is 0 Å². The molecule has 0 saturated heterocycles. The number of anilines is 2. The van der Waals surface area contributed by atoms with Crippen molar-refractivity contribution in [1.82, 2.24) is 4.98 Å². The lowest BCUT2D eigenvalue weighted by atomic mass is 10.2. The minimum absolute atomic E-state index is 0.199. The lowest BCUT2D eigenvalue weighted by Crippen LogP contribution is -2.07. The third kappa shape index (κ3) is 3.45. The van der Waals surface area contributed by atoms with Gasteiger partial charge < -0.3 is 11.1 Å². The van der Waals surface area contributed by atoms with Gasteiger partial charge in [-0.3, -0.25) is 0 Å². The normalized spacial score (nSPS) is 11.2. The number of pyridine rings is 1. The maximum atomic E-state index is 11.6. The van der Waals surface area contributed by atoms with Gasteiger partial charge in [0, 0.05) is 24.7 Å². The maximum absolute atomic E-state index is 11.6. The third-order valence-electron chi connectivity index (χ3n) is 2.61. The van der Waals surface area contributed by atoms with Crippen LogP contribution in [0.1, 0.15) is 5.56 Å². The molecule has 2 aromatic rings. The fourth-order valence-corrected chi connectivity index (χ4v) is 2.45. The predicted molar refractivity (Wildman–Crippen MR) is 75.5 cm³/mol. The highest BCUT2D eigenvalue weighted by Gasteiger charge is 2.13. The number of benzene rings is 1. The Bertz CT molecular complexity index is 667. The van der Waals surface area contributed by atoms with Crippen LogP contribution in [0.3, 0.4) is 0 Å². The second kappa shape index (κ2) is 5.27. The predicted octanol–water partition coefficient (Wildman–Crippen LogP) is 1.68. The van der Waals surface area contributed by atoms with Gasteiger partial charge >= 0.3 is 0 Å². The number of aromatic nitrogens is 1. The van der Waals surface area contributed by atoms with Crippen LogP contribution in [0.5, 0.6) is 0 Å². The summed E-state index contributed by atoms with van der Waals surface area (Å²) in [5.41, 5.74) is 7.30. The fourth-order valence-electron chi connectivity index (χ4n) is 1.64. The molecule has 0 fully saturated rings. The first-order chi connectivity index (χ1) is 8.97. The minimum atomic E-state index is -3.29. The Hall–Kier alpha value is -2.08. The molecule has 1 heterocycles. The van der Waals surface area contributed by atoms with Gasteiger partial charge in [0.2, 0.25) is 0 Å². The van der Waals surface area contributed by atoms with Crippen molar-refractivity contribution in [3.8, 4) is 0 Å². The summed E-state index contributed by atoms with van der Waals surface area (Å²) in [4.78, 5) is 4.26. The molecule has 100 valence electrons. The van der Waals surface area contributed by atoms with E-state index < -0.39 is 9.84 Å². The molecule has 0 atom stereocenters. The average molecular weight is 277 g/mol. The van der Waals surface area contributed by atoms with E-state index in [2.05, 4.69) is 10.3 Å². The summed E-state index contributed by atoms with van der Waals surface area (Å²) in [6.45, 7) is 0.486. The van der Waals surface area contributed by atoms with Gasteiger partial charge in [-0.25, -0.2) is 13.4 Å². The van der Waals surface area contributed by atoms with Crippen LogP contribution in [0.2, 0.25) is 0 Å². The van der Waals surface area contributed by atoms with E-state index in [1.54, 1.807) is 24.4 Å². The number of nitrogens with one attached hydrogen (secondary N) is 1. The van der Waals surface area contributed by atoms with Crippen LogP contribution >= 0.6 is 0 Å². The van der Waals surface area contributed by atoms with E-state index in [1.165, 1.54) is 12.3 Å². The highest BCUT2D eigenvalue weighted by Crippen LogP contribution is 2.18. The molecule has 1 aromatic heterocycles. The lowest BCUT2D eigenvalue weighted by Gasteiger charge is -2.09. The van der Waals surface area contributed by atoms with Crippen molar-refractivity contribution in [2.75, 3.05) is 17.3 Å².